The van der Waals surface area contributed by atoms with E-state index in [2.05, 4.69) is 41.5 Å². The van der Waals surface area contributed by atoms with Crippen LogP contribution in [0.25, 0.3) is 0 Å². The molecule has 0 radical (unpaired) electrons. The number of rotatable bonds is 4. The number of methoxy groups -OCH3 is 2. The Kier molecular flexibility index (Phi) is 6.48. The van der Waals surface area contributed by atoms with E-state index in [1.807, 2.05) is 0 Å². The van der Waals surface area contributed by atoms with E-state index in [4.69, 9.17) is 23.7 Å². The molecule has 0 saturated carbocycles. The van der Waals surface area contributed by atoms with Crippen LogP contribution in [0.1, 0.15) is 41.5 Å². The quantitative estimate of drug-likeness (QED) is 0.793. The molecule has 5 nitrogen and oxygen atoms in total. The number of ether oxygens (including phenoxy) is 5. The van der Waals surface area contributed by atoms with Crippen LogP contribution in [0.15, 0.2) is 0 Å². The van der Waals surface area contributed by atoms with E-state index >= 15 is 0 Å². The maximum atomic E-state index is 6.41. The molecule has 2 aliphatic heterocycles. The minimum Gasteiger partial charge on any atom is -0.378 e. The van der Waals surface area contributed by atoms with Gasteiger partial charge in [-0.2, -0.15) is 0 Å². The highest BCUT2D eigenvalue weighted by Crippen LogP contribution is 2.38. The van der Waals surface area contributed by atoms with Crippen LogP contribution >= 0.6 is 0 Å². The van der Waals surface area contributed by atoms with E-state index in [-0.39, 0.29) is 48.8 Å². The van der Waals surface area contributed by atoms with Crippen molar-refractivity contribution in [2.45, 2.75) is 78.5 Å². The Morgan fingerprint density at radius 3 is 1.61 bits per heavy atom. The summed E-state index contributed by atoms with van der Waals surface area (Å²) in [6.07, 6.45) is -0.277. The summed E-state index contributed by atoms with van der Waals surface area (Å²) in [6, 6.07) is 0. The fourth-order valence-corrected chi connectivity index (χ4v) is 4.00. The zero-order chi connectivity index (χ0) is 17.3. The molecule has 2 heterocycles. The highest BCUT2D eigenvalue weighted by molar-refractivity contribution is 4.88. The van der Waals surface area contributed by atoms with Crippen molar-refractivity contribution in [3.63, 3.8) is 0 Å². The first-order valence-electron chi connectivity index (χ1n) is 8.83. The third kappa shape index (κ3) is 3.74. The van der Waals surface area contributed by atoms with Gasteiger partial charge in [0.1, 0.15) is 0 Å². The van der Waals surface area contributed by atoms with Crippen molar-refractivity contribution in [2.24, 2.45) is 23.7 Å². The highest BCUT2D eigenvalue weighted by Gasteiger charge is 2.45. The van der Waals surface area contributed by atoms with Crippen LogP contribution in [0.3, 0.4) is 0 Å². The van der Waals surface area contributed by atoms with E-state index < -0.39 is 0 Å². The molecule has 23 heavy (non-hydrogen) atoms. The molecule has 2 aliphatic rings. The Bertz CT molecular complexity index is 376. The molecule has 2 saturated heterocycles. The molecule has 10 atom stereocenters. The molecule has 0 N–H and O–H groups in total. The van der Waals surface area contributed by atoms with E-state index in [0.717, 1.165) is 0 Å². The normalized spacial score (nSPS) is 51.7. The van der Waals surface area contributed by atoms with Gasteiger partial charge in [-0.25, -0.2) is 0 Å². The van der Waals surface area contributed by atoms with Crippen LogP contribution in [-0.4, -0.2) is 51.2 Å². The minimum atomic E-state index is -0.226. The lowest BCUT2D eigenvalue weighted by Crippen LogP contribution is -2.55. The first kappa shape index (κ1) is 19.1. The van der Waals surface area contributed by atoms with E-state index in [9.17, 15) is 0 Å². The molecule has 0 aromatic rings. The Labute approximate surface area is 140 Å². The predicted octanol–water partition coefficient (Wildman–Crippen LogP) is 3.07. The van der Waals surface area contributed by atoms with E-state index in [1.54, 1.807) is 14.2 Å². The molecule has 0 bridgehead atoms. The summed E-state index contributed by atoms with van der Waals surface area (Å²) in [7, 11) is 3.45. The first-order chi connectivity index (χ1) is 10.8. The van der Waals surface area contributed by atoms with Crippen LogP contribution < -0.4 is 0 Å². The summed E-state index contributed by atoms with van der Waals surface area (Å²) in [5.74, 6) is 1.27. The maximum Gasteiger partial charge on any atom is 0.161 e. The summed E-state index contributed by atoms with van der Waals surface area (Å²) in [4.78, 5) is 0. The molecular weight excluding hydrogens is 296 g/mol. The fraction of sp³-hybridized carbons (Fsp3) is 1.00. The molecule has 0 aromatic heterocycles. The van der Waals surface area contributed by atoms with Crippen molar-refractivity contribution in [1.29, 1.82) is 0 Å². The van der Waals surface area contributed by atoms with Crippen molar-refractivity contribution < 1.29 is 23.7 Å². The van der Waals surface area contributed by atoms with Crippen molar-refractivity contribution in [3.05, 3.63) is 0 Å². The van der Waals surface area contributed by atoms with Crippen LogP contribution in [-0.2, 0) is 23.7 Å². The number of hydrogen-bond donors (Lipinski definition) is 0. The second-order valence-corrected chi connectivity index (χ2v) is 7.39. The first-order valence-corrected chi connectivity index (χ1v) is 8.83. The molecule has 4 unspecified atom stereocenters. The van der Waals surface area contributed by atoms with Crippen LogP contribution in [0.5, 0.6) is 0 Å². The minimum absolute atomic E-state index is 0.00217. The lowest BCUT2D eigenvalue weighted by Gasteiger charge is -2.48. The van der Waals surface area contributed by atoms with Gasteiger partial charge in [0.25, 0.3) is 0 Å². The fourth-order valence-electron chi connectivity index (χ4n) is 4.00. The molecule has 2 rings (SSSR count). The summed E-state index contributed by atoms with van der Waals surface area (Å²) in [5, 5.41) is 0. The van der Waals surface area contributed by atoms with Crippen molar-refractivity contribution >= 4 is 0 Å². The monoisotopic (exact) mass is 330 g/mol. The zero-order valence-electron chi connectivity index (χ0n) is 15.8. The molecule has 0 spiro atoms. The molecular formula is C18H34O5. The maximum absolute atomic E-state index is 6.41. The van der Waals surface area contributed by atoms with Crippen molar-refractivity contribution in [1.82, 2.24) is 0 Å². The van der Waals surface area contributed by atoms with Gasteiger partial charge in [-0.3, -0.25) is 0 Å². The molecule has 0 aliphatic carbocycles. The SMILES string of the molecule is CO[C@@H]1O[C@@H](C)[C@@H](O[C@@H]2OC(C)[C@@H](OC)[C@H](C)C2C)C(C)C1C. The zero-order valence-corrected chi connectivity index (χ0v) is 15.8. The van der Waals surface area contributed by atoms with Gasteiger partial charge < -0.3 is 23.7 Å². The van der Waals surface area contributed by atoms with Gasteiger partial charge in [-0.15, -0.1) is 0 Å². The molecule has 2 fully saturated rings. The standard InChI is InChI=1S/C18H34O5/c1-9-12(4)18(22-13(5)15(9)19-7)23-16-10(2)11(3)17(20-8)21-14(16)6/h9-18H,1-8H3/t9-,10?,11?,12?,13?,14+,15+,16+,17-,18+/m1/s1. The summed E-state index contributed by atoms with van der Waals surface area (Å²) < 4.78 is 29.5. The third-order valence-electron chi connectivity index (χ3n) is 5.97. The highest BCUT2D eigenvalue weighted by atomic mass is 16.7. The summed E-state index contributed by atoms with van der Waals surface area (Å²) >= 11 is 0. The van der Waals surface area contributed by atoms with E-state index in [0.29, 0.717) is 11.8 Å². The van der Waals surface area contributed by atoms with Gasteiger partial charge in [0, 0.05) is 26.1 Å². The topological polar surface area (TPSA) is 46.2 Å². The Morgan fingerprint density at radius 1 is 0.565 bits per heavy atom. The van der Waals surface area contributed by atoms with Crippen molar-refractivity contribution in [3.8, 4) is 0 Å². The molecule has 0 amide bonds. The second-order valence-electron chi connectivity index (χ2n) is 7.39. The molecule has 5 heteroatoms. The Morgan fingerprint density at radius 2 is 1.04 bits per heavy atom. The van der Waals surface area contributed by atoms with Gasteiger partial charge in [-0.05, 0) is 25.7 Å². The Balaban J connectivity index is 2.06. The van der Waals surface area contributed by atoms with Gasteiger partial charge in [0.15, 0.2) is 12.6 Å². The largest absolute Gasteiger partial charge is 0.378 e. The lowest BCUT2D eigenvalue weighted by atomic mass is 9.83. The Hall–Kier alpha value is -0.200. The van der Waals surface area contributed by atoms with Crippen LogP contribution in [0.2, 0.25) is 0 Å². The van der Waals surface area contributed by atoms with Gasteiger partial charge in [-0.1, -0.05) is 27.7 Å². The average molecular weight is 330 g/mol. The van der Waals surface area contributed by atoms with Gasteiger partial charge >= 0.3 is 0 Å². The lowest BCUT2D eigenvalue weighted by molar-refractivity contribution is -0.322. The number of hydrogen-bond acceptors (Lipinski definition) is 5. The van der Waals surface area contributed by atoms with Crippen LogP contribution in [0, 0.1) is 23.7 Å². The summed E-state index contributed by atoms with van der Waals surface area (Å²) in [5.41, 5.74) is 0. The second kappa shape index (κ2) is 7.79. The summed E-state index contributed by atoms with van der Waals surface area (Å²) in [6.45, 7) is 12.9. The average Bonchev–Trinajstić information content (AvgIpc) is 2.52. The predicted molar refractivity (Wildman–Crippen MR) is 88.0 cm³/mol. The van der Waals surface area contributed by atoms with E-state index in [1.165, 1.54) is 0 Å². The van der Waals surface area contributed by atoms with Crippen molar-refractivity contribution in [2.75, 3.05) is 14.2 Å². The molecule has 136 valence electrons. The van der Waals surface area contributed by atoms with Gasteiger partial charge in [0.05, 0.1) is 24.4 Å². The smallest absolute Gasteiger partial charge is 0.161 e. The van der Waals surface area contributed by atoms with Gasteiger partial charge in [0.2, 0.25) is 0 Å². The van der Waals surface area contributed by atoms with Crippen LogP contribution in [0.4, 0.5) is 0 Å². The third-order valence-corrected chi connectivity index (χ3v) is 5.97. The molecule has 0 aromatic carbocycles.